The zero-order chi connectivity index (χ0) is 18.6. The van der Waals surface area contributed by atoms with Crippen LogP contribution < -0.4 is 10.6 Å². The number of hydrogen-bond donors (Lipinski definition) is 2. The number of urea groups is 1. The number of nitrogens with one attached hydrogen (secondary N) is 2. The summed E-state index contributed by atoms with van der Waals surface area (Å²) in [6.07, 6.45) is 4.18. The van der Waals surface area contributed by atoms with Gasteiger partial charge in [0.05, 0.1) is 5.69 Å². The van der Waals surface area contributed by atoms with Gasteiger partial charge in [0.25, 0.3) is 5.91 Å². The van der Waals surface area contributed by atoms with E-state index in [2.05, 4.69) is 22.7 Å². The molecule has 1 aromatic heterocycles. The minimum atomic E-state index is -0.757. The van der Waals surface area contributed by atoms with Crippen molar-refractivity contribution in [2.24, 2.45) is 13.0 Å². The van der Waals surface area contributed by atoms with Crippen molar-refractivity contribution in [3.8, 4) is 0 Å². The van der Waals surface area contributed by atoms with Gasteiger partial charge in [-0.15, -0.1) is 0 Å². The van der Waals surface area contributed by atoms with E-state index in [9.17, 15) is 14.4 Å². The van der Waals surface area contributed by atoms with Gasteiger partial charge in [0, 0.05) is 13.1 Å². The minimum Gasteiger partial charge on any atom is -0.452 e. The van der Waals surface area contributed by atoms with Crippen molar-refractivity contribution in [2.45, 2.75) is 45.6 Å². The smallest absolute Gasteiger partial charge is 0.343 e. The highest BCUT2D eigenvalue weighted by Gasteiger charge is 2.24. The molecule has 0 aromatic carbocycles. The van der Waals surface area contributed by atoms with Crippen LogP contribution in [0.25, 0.3) is 0 Å². The number of carbonyl (C=O) groups is 3. The number of nitrogens with zero attached hydrogens (tertiary/aromatic N) is 2. The van der Waals surface area contributed by atoms with Crippen molar-refractivity contribution < 1.29 is 19.1 Å². The molecule has 2 unspecified atom stereocenters. The quantitative estimate of drug-likeness (QED) is 0.788. The zero-order valence-corrected chi connectivity index (χ0v) is 15.4. The van der Waals surface area contributed by atoms with E-state index in [1.807, 2.05) is 0 Å². The Bertz CT molecular complexity index is 673. The molecule has 0 saturated heterocycles. The highest BCUT2D eigenvalue weighted by molar-refractivity contribution is 6.32. The van der Waals surface area contributed by atoms with E-state index in [1.54, 1.807) is 14.0 Å². The lowest BCUT2D eigenvalue weighted by atomic mass is 9.86. The van der Waals surface area contributed by atoms with E-state index in [4.69, 9.17) is 16.3 Å². The molecule has 25 heavy (non-hydrogen) atoms. The van der Waals surface area contributed by atoms with E-state index >= 15 is 0 Å². The second kappa shape index (κ2) is 8.33. The summed E-state index contributed by atoms with van der Waals surface area (Å²) in [5, 5.41) is 9.09. The highest BCUT2D eigenvalue weighted by Crippen LogP contribution is 2.23. The van der Waals surface area contributed by atoms with Gasteiger partial charge in [0.2, 0.25) is 0 Å². The summed E-state index contributed by atoms with van der Waals surface area (Å²) in [4.78, 5) is 35.7. The van der Waals surface area contributed by atoms with E-state index in [1.165, 1.54) is 4.68 Å². The van der Waals surface area contributed by atoms with Crippen molar-refractivity contribution >= 4 is 29.5 Å². The number of imide groups is 1. The molecule has 2 atom stereocenters. The molecule has 3 amide bonds. The van der Waals surface area contributed by atoms with Gasteiger partial charge in [0.1, 0.15) is 10.7 Å². The molecule has 9 heteroatoms. The summed E-state index contributed by atoms with van der Waals surface area (Å²) in [7, 11) is 1.59. The van der Waals surface area contributed by atoms with E-state index in [0.717, 1.165) is 25.7 Å². The molecule has 0 aliphatic heterocycles. The van der Waals surface area contributed by atoms with Crippen LogP contribution >= 0.6 is 11.6 Å². The average Bonchev–Trinajstić information content (AvgIpc) is 2.80. The number of rotatable bonds is 4. The topological polar surface area (TPSA) is 102 Å². The lowest BCUT2D eigenvalue weighted by Gasteiger charge is -2.29. The maximum absolute atomic E-state index is 12.0. The maximum atomic E-state index is 12.0. The summed E-state index contributed by atoms with van der Waals surface area (Å²) in [5.74, 6) is -1.08. The molecular formula is C16H23ClN4O4. The summed E-state index contributed by atoms with van der Waals surface area (Å²) in [5.41, 5.74) is 0.513. The molecule has 0 bridgehead atoms. The second-order valence-electron chi connectivity index (χ2n) is 6.34. The molecule has 138 valence electrons. The van der Waals surface area contributed by atoms with Gasteiger partial charge in [-0.2, -0.15) is 5.10 Å². The Morgan fingerprint density at radius 2 is 2.00 bits per heavy atom. The van der Waals surface area contributed by atoms with Crippen LogP contribution in [0.15, 0.2) is 0 Å². The summed E-state index contributed by atoms with van der Waals surface area (Å²) in [6, 6.07) is -0.517. The second-order valence-corrected chi connectivity index (χ2v) is 6.70. The first-order valence-corrected chi connectivity index (χ1v) is 8.64. The first-order valence-electron chi connectivity index (χ1n) is 8.26. The lowest BCUT2D eigenvalue weighted by molar-refractivity contribution is -0.123. The predicted molar refractivity (Wildman–Crippen MR) is 91.3 cm³/mol. The number of ether oxygens (including phenoxy) is 1. The summed E-state index contributed by atoms with van der Waals surface area (Å²) < 4.78 is 6.25. The molecule has 1 aromatic rings. The molecule has 1 aliphatic carbocycles. The van der Waals surface area contributed by atoms with Crippen LogP contribution in [-0.2, 0) is 16.6 Å². The molecule has 1 heterocycles. The molecule has 0 spiro atoms. The number of aryl methyl sites for hydroxylation is 2. The molecular weight excluding hydrogens is 348 g/mol. The van der Waals surface area contributed by atoms with Crippen molar-refractivity contribution in [1.29, 1.82) is 0 Å². The predicted octanol–water partition coefficient (Wildman–Crippen LogP) is 1.94. The Morgan fingerprint density at radius 1 is 1.32 bits per heavy atom. The minimum absolute atomic E-state index is 0.0564. The molecule has 2 N–H and O–H groups in total. The highest BCUT2D eigenvalue weighted by atomic mass is 35.5. The number of esters is 1. The molecule has 0 radical (unpaired) electrons. The van der Waals surface area contributed by atoms with Crippen LogP contribution in [0.3, 0.4) is 0 Å². The van der Waals surface area contributed by atoms with Gasteiger partial charge in [-0.1, -0.05) is 31.4 Å². The zero-order valence-electron chi connectivity index (χ0n) is 14.6. The maximum Gasteiger partial charge on any atom is 0.343 e. The van der Waals surface area contributed by atoms with Crippen molar-refractivity contribution in [1.82, 2.24) is 20.4 Å². The van der Waals surface area contributed by atoms with Gasteiger partial charge in [-0.25, -0.2) is 9.59 Å². The fourth-order valence-corrected chi connectivity index (χ4v) is 3.21. The summed E-state index contributed by atoms with van der Waals surface area (Å²) in [6.45, 7) is 3.12. The fourth-order valence-electron chi connectivity index (χ4n) is 2.96. The van der Waals surface area contributed by atoms with Crippen molar-refractivity contribution in [3.63, 3.8) is 0 Å². The van der Waals surface area contributed by atoms with Crippen molar-refractivity contribution in [3.05, 3.63) is 16.4 Å². The Kier molecular flexibility index (Phi) is 6.41. The standard InChI is InChI=1S/C16H23ClN4O4/c1-9-6-4-5-7-11(9)18-16(24)19-12(22)8-25-15(23)13-10(2)20-21(3)14(13)17/h9,11H,4-8H2,1-3H3,(H2,18,19,22,24). The van der Waals surface area contributed by atoms with Gasteiger partial charge < -0.3 is 10.1 Å². The third kappa shape index (κ3) is 4.94. The molecule has 2 rings (SSSR count). The number of amides is 3. The van der Waals surface area contributed by atoms with Crippen LogP contribution in [0, 0.1) is 12.8 Å². The fraction of sp³-hybridized carbons (Fsp3) is 0.625. The SMILES string of the molecule is Cc1nn(C)c(Cl)c1C(=O)OCC(=O)NC(=O)NC1CCCCC1C. The third-order valence-corrected chi connectivity index (χ3v) is 4.81. The van der Waals surface area contributed by atoms with Gasteiger partial charge in [-0.3, -0.25) is 14.8 Å². The van der Waals surface area contributed by atoms with E-state index in [0.29, 0.717) is 11.6 Å². The third-order valence-electron chi connectivity index (χ3n) is 4.37. The first-order chi connectivity index (χ1) is 11.8. The molecule has 1 fully saturated rings. The molecule has 8 nitrogen and oxygen atoms in total. The van der Waals surface area contributed by atoms with Crippen molar-refractivity contribution in [2.75, 3.05) is 6.61 Å². The van der Waals surface area contributed by atoms with Crippen LogP contribution in [0.2, 0.25) is 5.15 Å². The number of hydrogen-bond acceptors (Lipinski definition) is 5. The normalized spacial score (nSPS) is 20.0. The van der Waals surface area contributed by atoms with E-state index in [-0.39, 0.29) is 16.8 Å². The van der Waals surface area contributed by atoms with Crippen LogP contribution in [0.1, 0.15) is 48.7 Å². The van der Waals surface area contributed by atoms with Crippen LogP contribution in [0.4, 0.5) is 4.79 Å². The molecule has 1 saturated carbocycles. The van der Waals surface area contributed by atoms with Crippen LogP contribution in [0.5, 0.6) is 0 Å². The van der Waals surface area contributed by atoms with Crippen LogP contribution in [-0.4, -0.2) is 40.3 Å². The first kappa shape index (κ1) is 19.2. The summed E-state index contributed by atoms with van der Waals surface area (Å²) >= 11 is 5.97. The van der Waals surface area contributed by atoms with Gasteiger partial charge in [-0.05, 0) is 25.7 Å². The average molecular weight is 371 g/mol. The monoisotopic (exact) mass is 370 g/mol. The molecule has 1 aliphatic rings. The number of carbonyl (C=O) groups excluding carboxylic acids is 3. The Hall–Kier alpha value is -2.09. The van der Waals surface area contributed by atoms with Gasteiger partial charge in [0.15, 0.2) is 6.61 Å². The Labute approximate surface area is 151 Å². The number of halogens is 1. The van der Waals surface area contributed by atoms with E-state index < -0.39 is 24.5 Å². The largest absolute Gasteiger partial charge is 0.452 e. The van der Waals surface area contributed by atoms with Gasteiger partial charge >= 0.3 is 12.0 Å². The Morgan fingerprint density at radius 3 is 2.60 bits per heavy atom. The number of aromatic nitrogens is 2. The Balaban J connectivity index is 1.80. The lowest BCUT2D eigenvalue weighted by Crippen LogP contribution is -2.48.